The molecule has 8 rings (SSSR count). The molecule has 2 aliphatic rings. The van der Waals surface area contributed by atoms with Crippen molar-refractivity contribution in [1.29, 1.82) is 0 Å². The highest BCUT2D eigenvalue weighted by Gasteiger charge is 2.28. The van der Waals surface area contributed by atoms with Gasteiger partial charge in [-0.05, 0) is 36.1 Å². The Morgan fingerprint density at radius 2 is 1.30 bits per heavy atom. The smallest absolute Gasteiger partial charge is 0.161 e. The van der Waals surface area contributed by atoms with Crippen molar-refractivity contribution >= 4 is 11.6 Å². The number of nitrogens with zero attached hydrogens (tertiary/aromatic N) is 2. The third-order valence-corrected chi connectivity index (χ3v) is 8.53. The summed E-state index contributed by atoms with van der Waals surface area (Å²) < 4.78 is 7.01. The van der Waals surface area contributed by atoms with Crippen molar-refractivity contribution in [3.05, 3.63) is 156 Å². The minimum Gasteiger partial charge on any atom is -0.455 e. The van der Waals surface area contributed by atoms with Gasteiger partial charge >= 0.3 is 0 Å². The van der Waals surface area contributed by atoms with Gasteiger partial charge in [0.05, 0.1) is 11.4 Å². The zero-order chi connectivity index (χ0) is 30.7. The maximum atomic E-state index is 7.01. The molecule has 0 aliphatic heterocycles. The molecule has 0 radical (unpaired) electrons. The van der Waals surface area contributed by atoms with Crippen LogP contribution < -0.4 is 0 Å². The van der Waals surface area contributed by atoms with Crippen LogP contribution in [0, 0.1) is 11.8 Å². The second kappa shape index (κ2) is 12.2. The van der Waals surface area contributed by atoms with Gasteiger partial charge in [-0.2, -0.15) is 0 Å². The SMILES string of the molecule is C1#CCC(c2cccc(-c3nc(-c4ccccc4)cc(-c4ccccc4)n3)c2-c2oc(-c3ccccc3)c3c2CCC=C3)=CC=C1. The lowest BCUT2D eigenvalue weighted by atomic mass is 9.87. The standard InChI is InChI=1S/C43H30N2O/c1-2-7-18-30(17-6-1)34-27-16-28-37(40(34)42-36-26-15-14-25-35(36)41(46-42)33-23-12-5-13-24-33)43-44-38(31-19-8-3-9-20-31)29-39(45-43)32-21-10-4-11-22-32/h1,3-6,8-14,16-17,19-25,27-29H,15,18,26H2. The number of furan rings is 1. The van der Waals surface area contributed by atoms with Crippen molar-refractivity contribution in [1.82, 2.24) is 9.97 Å². The van der Waals surface area contributed by atoms with E-state index >= 15 is 0 Å². The number of aromatic nitrogens is 2. The Balaban J connectivity index is 1.43. The minimum atomic E-state index is 0.637. The van der Waals surface area contributed by atoms with Crippen molar-refractivity contribution in [2.45, 2.75) is 19.3 Å². The topological polar surface area (TPSA) is 38.9 Å². The summed E-state index contributed by atoms with van der Waals surface area (Å²) in [5.41, 5.74) is 11.4. The number of hydrogen-bond acceptors (Lipinski definition) is 3. The molecule has 0 spiro atoms. The van der Waals surface area contributed by atoms with E-state index in [2.05, 4.69) is 103 Å². The van der Waals surface area contributed by atoms with Gasteiger partial charge in [0.2, 0.25) is 0 Å². The van der Waals surface area contributed by atoms with E-state index in [-0.39, 0.29) is 0 Å². The van der Waals surface area contributed by atoms with E-state index in [4.69, 9.17) is 14.4 Å². The summed E-state index contributed by atoms with van der Waals surface area (Å²) in [7, 11) is 0. The van der Waals surface area contributed by atoms with E-state index in [1.165, 1.54) is 5.56 Å². The quantitative estimate of drug-likeness (QED) is 0.181. The van der Waals surface area contributed by atoms with Crippen molar-refractivity contribution < 1.29 is 4.42 Å². The van der Waals surface area contributed by atoms with E-state index in [0.29, 0.717) is 12.2 Å². The van der Waals surface area contributed by atoms with Gasteiger partial charge in [0.1, 0.15) is 11.5 Å². The van der Waals surface area contributed by atoms with Crippen LogP contribution in [0.3, 0.4) is 0 Å². The van der Waals surface area contributed by atoms with Crippen LogP contribution in [0.2, 0.25) is 0 Å². The third-order valence-electron chi connectivity index (χ3n) is 8.53. The molecule has 0 amide bonds. The molecule has 0 fully saturated rings. The lowest BCUT2D eigenvalue weighted by Gasteiger charge is -2.17. The molecule has 218 valence electrons. The fraction of sp³-hybridized carbons (Fsp3) is 0.0698. The Morgan fingerprint density at radius 1 is 0.652 bits per heavy atom. The van der Waals surface area contributed by atoms with Crippen LogP contribution in [0.1, 0.15) is 29.5 Å². The number of benzene rings is 4. The monoisotopic (exact) mass is 590 g/mol. The van der Waals surface area contributed by atoms with E-state index in [0.717, 1.165) is 80.3 Å². The highest BCUT2D eigenvalue weighted by molar-refractivity contribution is 5.94. The fourth-order valence-electron chi connectivity index (χ4n) is 6.33. The van der Waals surface area contributed by atoms with Gasteiger partial charge in [-0.25, -0.2) is 9.97 Å². The zero-order valence-electron chi connectivity index (χ0n) is 25.3. The Hall–Kier alpha value is -5.98. The summed E-state index contributed by atoms with van der Waals surface area (Å²) in [6.07, 6.45) is 13.0. The summed E-state index contributed by atoms with van der Waals surface area (Å²) in [6.45, 7) is 0. The van der Waals surface area contributed by atoms with E-state index < -0.39 is 0 Å². The van der Waals surface area contributed by atoms with Gasteiger partial charge in [0.25, 0.3) is 0 Å². The van der Waals surface area contributed by atoms with E-state index in [9.17, 15) is 0 Å². The van der Waals surface area contributed by atoms with E-state index in [1.54, 1.807) is 0 Å². The molecule has 2 aliphatic carbocycles. The van der Waals surface area contributed by atoms with Crippen LogP contribution in [0.4, 0.5) is 0 Å². The molecule has 0 atom stereocenters. The molecular weight excluding hydrogens is 560 g/mol. The summed E-state index contributed by atoms with van der Waals surface area (Å²) in [6, 6.07) is 39.5. The van der Waals surface area contributed by atoms with Crippen molar-refractivity contribution in [3.8, 4) is 68.4 Å². The summed E-state index contributed by atoms with van der Waals surface area (Å²) in [5, 5.41) is 0. The fourth-order valence-corrected chi connectivity index (χ4v) is 6.33. The van der Waals surface area contributed by atoms with Crippen LogP contribution in [-0.4, -0.2) is 9.97 Å². The van der Waals surface area contributed by atoms with Gasteiger partial charge in [-0.3, -0.25) is 0 Å². The minimum absolute atomic E-state index is 0.637. The van der Waals surface area contributed by atoms with Crippen LogP contribution in [0.5, 0.6) is 0 Å². The second-order valence-electron chi connectivity index (χ2n) is 11.4. The van der Waals surface area contributed by atoms with Gasteiger partial charge in [-0.15, -0.1) is 0 Å². The predicted molar refractivity (Wildman–Crippen MR) is 188 cm³/mol. The van der Waals surface area contributed by atoms with Gasteiger partial charge in [0.15, 0.2) is 5.82 Å². The molecule has 2 heterocycles. The Bertz CT molecular complexity index is 2150. The maximum absolute atomic E-state index is 7.01. The van der Waals surface area contributed by atoms with Crippen LogP contribution in [-0.2, 0) is 6.42 Å². The van der Waals surface area contributed by atoms with Crippen molar-refractivity contribution in [3.63, 3.8) is 0 Å². The first-order valence-electron chi connectivity index (χ1n) is 15.7. The molecule has 0 bridgehead atoms. The average Bonchev–Trinajstić information content (AvgIpc) is 3.30. The molecule has 0 saturated heterocycles. The summed E-state index contributed by atoms with van der Waals surface area (Å²) >= 11 is 0. The highest BCUT2D eigenvalue weighted by atomic mass is 16.3. The molecule has 6 aromatic rings. The molecule has 0 unspecified atom stereocenters. The van der Waals surface area contributed by atoms with Crippen molar-refractivity contribution in [2.24, 2.45) is 0 Å². The number of rotatable bonds is 6. The molecule has 3 heteroatoms. The molecule has 4 aromatic carbocycles. The number of fused-ring (bicyclic) bond motifs is 1. The summed E-state index contributed by atoms with van der Waals surface area (Å²) in [4.78, 5) is 10.5. The third kappa shape index (κ3) is 5.21. The average molecular weight is 591 g/mol. The number of hydrogen-bond donors (Lipinski definition) is 0. The first kappa shape index (κ1) is 27.6. The molecular formula is C43H30N2O. The Morgan fingerprint density at radius 3 is 2.00 bits per heavy atom. The molecule has 0 saturated carbocycles. The predicted octanol–water partition coefficient (Wildman–Crippen LogP) is 10.7. The second-order valence-corrected chi connectivity index (χ2v) is 11.4. The lowest BCUT2D eigenvalue weighted by molar-refractivity contribution is 0.594. The molecule has 2 aromatic heterocycles. The largest absolute Gasteiger partial charge is 0.455 e. The van der Waals surface area contributed by atoms with E-state index in [1.807, 2.05) is 54.6 Å². The van der Waals surface area contributed by atoms with Gasteiger partial charge < -0.3 is 4.42 Å². The van der Waals surface area contributed by atoms with Gasteiger partial charge in [0, 0.05) is 45.4 Å². The molecule has 0 N–H and O–H groups in total. The van der Waals surface area contributed by atoms with Crippen molar-refractivity contribution in [2.75, 3.05) is 0 Å². The number of allylic oxidation sites excluding steroid dienone is 5. The zero-order valence-corrected chi connectivity index (χ0v) is 25.3. The summed E-state index contributed by atoms with van der Waals surface area (Å²) in [5.74, 6) is 8.87. The first-order chi connectivity index (χ1) is 22.8. The van der Waals surface area contributed by atoms with Gasteiger partial charge in [-0.1, -0.05) is 145 Å². The maximum Gasteiger partial charge on any atom is 0.161 e. The molecule has 3 nitrogen and oxygen atoms in total. The van der Waals surface area contributed by atoms with Crippen LogP contribution in [0.15, 0.2) is 144 Å². The first-order valence-corrected chi connectivity index (χ1v) is 15.7. The van der Waals surface area contributed by atoms with Crippen LogP contribution >= 0.6 is 0 Å². The van der Waals surface area contributed by atoms with Crippen LogP contribution in [0.25, 0.3) is 68.2 Å². The highest BCUT2D eigenvalue weighted by Crippen LogP contribution is 2.46. The normalized spacial score (nSPS) is 13.3. The lowest BCUT2D eigenvalue weighted by Crippen LogP contribution is -2.01. The Labute approximate surface area is 269 Å². The molecule has 46 heavy (non-hydrogen) atoms. The Kier molecular flexibility index (Phi) is 7.30.